The molecule has 108 valence electrons. The number of aliphatic hydroxyl groups is 1. The molecule has 1 atom stereocenters. The maximum Gasteiger partial charge on any atom is 0.421 e. The van der Waals surface area contributed by atoms with Gasteiger partial charge in [0.25, 0.3) is 0 Å². The van der Waals surface area contributed by atoms with Crippen molar-refractivity contribution in [1.82, 2.24) is 0 Å². The van der Waals surface area contributed by atoms with Crippen molar-refractivity contribution in [2.24, 2.45) is 0 Å². The Bertz CT molecular complexity index is 437. The highest BCUT2D eigenvalue weighted by atomic mass is 19.4. The molecule has 0 saturated heterocycles. The first-order valence-electron chi connectivity index (χ1n) is 6.17. The number of rotatable bonds is 4. The average Bonchev–Trinajstić information content (AvgIpc) is 2.27. The summed E-state index contributed by atoms with van der Waals surface area (Å²) < 4.78 is 43.8. The van der Waals surface area contributed by atoms with Crippen LogP contribution in [0.1, 0.15) is 44.7 Å². The minimum absolute atomic E-state index is 0.00512. The smallest absolute Gasteiger partial charge is 0.421 e. The van der Waals surface area contributed by atoms with Crippen LogP contribution in [0.2, 0.25) is 0 Å². The van der Waals surface area contributed by atoms with Gasteiger partial charge in [0.05, 0.1) is 6.61 Å². The number of hydrogen-bond acceptors (Lipinski definition) is 2. The second-order valence-electron chi connectivity index (χ2n) is 4.91. The zero-order chi connectivity index (χ0) is 14.8. The Morgan fingerprint density at radius 1 is 1.26 bits per heavy atom. The SMILES string of the molecule is CCOc1ccc(C(C)(O)C(F)(F)F)cc1C(C)C. The Kier molecular flexibility index (Phi) is 4.50. The minimum Gasteiger partial charge on any atom is -0.494 e. The molecule has 19 heavy (non-hydrogen) atoms. The maximum absolute atomic E-state index is 12.8. The fraction of sp³-hybridized carbons (Fsp3) is 0.571. The van der Waals surface area contributed by atoms with Gasteiger partial charge in [-0.25, -0.2) is 0 Å². The molecule has 0 bridgehead atoms. The van der Waals surface area contributed by atoms with Gasteiger partial charge >= 0.3 is 6.18 Å². The molecule has 1 aromatic carbocycles. The van der Waals surface area contributed by atoms with Crippen LogP contribution < -0.4 is 4.74 Å². The van der Waals surface area contributed by atoms with E-state index in [1.807, 2.05) is 20.8 Å². The third-order valence-electron chi connectivity index (χ3n) is 3.05. The monoisotopic (exact) mass is 276 g/mol. The first kappa shape index (κ1) is 15.8. The van der Waals surface area contributed by atoms with Crippen LogP contribution in [0.3, 0.4) is 0 Å². The Hall–Kier alpha value is -1.23. The second-order valence-corrected chi connectivity index (χ2v) is 4.91. The highest BCUT2D eigenvalue weighted by molar-refractivity contribution is 5.41. The highest BCUT2D eigenvalue weighted by Crippen LogP contribution is 2.40. The van der Waals surface area contributed by atoms with Gasteiger partial charge in [0, 0.05) is 0 Å². The van der Waals surface area contributed by atoms with E-state index in [4.69, 9.17) is 4.74 Å². The van der Waals surface area contributed by atoms with Crippen LogP contribution in [0.5, 0.6) is 5.75 Å². The predicted octanol–water partition coefficient (Wildman–Crippen LogP) is 3.98. The van der Waals surface area contributed by atoms with Gasteiger partial charge in [-0.3, -0.25) is 0 Å². The van der Waals surface area contributed by atoms with Crippen LogP contribution in [0.25, 0.3) is 0 Å². The van der Waals surface area contributed by atoms with E-state index in [9.17, 15) is 18.3 Å². The lowest BCUT2D eigenvalue weighted by atomic mass is 9.90. The molecule has 5 heteroatoms. The molecule has 1 unspecified atom stereocenters. The zero-order valence-electron chi connectivity index (χ0n) is 11.5. The maximum atomic E-state index is 12.8. The second kappa shape index (κ2) is 5.41. The van der Waals surface area contributed by atoms with Crippen LogP contribution in [-0.2, 0) is 5.60 Å². The summed E-state index contributed by atoms with van der Waals surface area (Å²) in [6, 6.07) is 4.10. The molecule has 2 nitrogen and oxygen atoms in total. The van der Waals surface area contributed by atoms with Crippen molar-refractivity contribution in [3.8, 4) is 5.75 Å². The van der Waals surface area contributed by atoms with Gasteiger partial charge in [0.1, 0.15) is 5.75 Å². The van der Waals surface area contributed by atoms with Gasteiger partial charge in [-0.2, -0.15) is 13.2 Å². The summed E-state index contributed by atoms with van der Waals surface area (Å²) in [4.78, 5) is 0. The summed E-state index contributed by atoms with van der Waals surface area (Å²) in [5.74, 6) is 0.560. The molecule has 0 radical (unpaired) electrons. The first-order chi connectivity index (χ1) is 8.61. The molecule has 0 aromatic heterocycles. The van der Waals surface area contributed by atoms with Gasteiger partial charge in [0.2, 0.25) is 0 Å². The molecule has 0 aliphatic rings. The molecule has 1 N–H and O–H groups in total. The number of benzene rings is 1. The van der Waals surface area contributed by atoms with Crippen molar-refractivity contribution >= 4 is 0 Å². The topological polar surface area (TPSA) is 29.5 Å². The van der Waals surface area contributed by atoms with E-state index in [2.05, 4.69) is 0 Å². The van der Waals surface area contributed by atoms with Crippen LogP contribution in [0.4, 0.5) is 13.2 Å². The van der Waals surface area contributed by atoms with Gasteiger partial charge in [0.15, 0.2) is 5.60 Å². The first-order valence-corrected chi connectivity index (χ1v) is 6.17. The van der Waals surface area contributed by atoms with Gasteiger partial charge in [-0.15, -0.1) is 0 Å². The largest absolute Gasteiger partial charge is 0.494 e. The Balaban J connectivity index is 3.30. The van der Waals surface area contributed by atoms with Crippen LogP contribution in [0, 0.1) is 0 Å². The number of ether oxygens (including phenoxy) is 1. The predicted molar refractivity (Wildman–Crippen MR) is 67.3 cm³/mol. The lowest BCUT2D eigenvalue weighted by molar-refractivity contribution is -0.258. The normalized spacial score (nSPS) is 15.4. The van der Waals surface area contributed by atoms with E-state index < -0.39 is 11.8 Å². The van der Waals surface area contributed by atoms with Gasteiger partial charge < -0.3 is 9.84 Å². The van der Waals surface area contributed by atoms with E-state index in [1.54, 1.807) is 0 Å². The molecule has 0 fully saturated rings. The summed E-state index contributed by atoms with van der Waals surface area (Å²) in [6.07, 6.45) is -4.71. The summed E-state index contributed by atoms with van der Waals surface area (Å²) in [5.41, 5.74) is -2.38. The molecular weight excluding hydrogens is 257 g/mol. The average molecular weight is 276 g/mol. The molecular formula is C14H19F3O2. The van der Waals surface area contributed by atoms with E-state index >= 15 is 0 Å². The van der Waals surface area contributed by atoms with Crippen molar-refractivity contribution in [2.45, 2.75) is 45.4 Å². The fourth-order valence-corrected chi connectivity index (χ4v) is 1.75. The summed E-state index contributed by atoms with van der Waals surface area (Å²) in [7, 11) is 0. The summed E-state index contributed by atoms with van der Waals surface area (Å²) in [6.45, 7) is 6.74. The zero-order valence-corrected chi connectivity index (χ0v) is 11.5. The molecule has 1 rings (SSSR count). The molecule has 0 amide bonds. The minimum atomic E-state index is -4.71. The molecule has 0 saturated carbocycles. The Morgan fingerprint density at radius 2 is 1.84 bits per heavy atom. The van der Waals surface area contributed by atoms with Crippen LogP contribution >= 0.6 is 0 Å². The van der Waals surface area contributed by atoms with Gasteiger partial charge in [-0.05, 0) is 43.0 Å². The molecule has 1 aromatic rings. The van der Waals surface area contributed by atoms with E-state index in [1.165, 1.54) is 18.2 Å². The quantitative estimate of drug-likeness (QED) is 0.901. The third-order valence-corrected chi connectivity index (χ3v) is 3.05. The Labute approximate surface area is 111 Å². The lowest BCUT2D eigenvalue weighted by Gasteiger charge is -2.28. The number of alkyl halides is 3. The van der Waals surface area contributed by atoms with Crippen molar-refractivity contribution in [3.63, 3.8) is 0 Å². The van der Waals surface area contributed by atoms with Crippen LogP contribution in [0.15, 0.2) is 18.2 Å². The lowest BCUT2D eigenvalue weighted by Crippen LogP contribution is -2.39. The van der Waals surface area contributed by atoms with E-state index in [-0.39, 0.29) is 11.5 Å². The molecule has 0 heterocycles. The molecule has 0 aliphatic carbocycles. The van der Waals surface area contributed by atoms with Crippen molar-refractivity contribution < 1.29 is 23.0 Å². The molecule has 0 aliphatic heterocycles. The van der Waals surface area contributed by atoms with Gasteiger partial charge in [-0.1, -0.05) is 19.9 Å². The standard InChI is InChI=1S/C14H19F3O2/c1-5-19-12-7-6-10(8-11(12)9(2)3)13(4,18)14(15,16)17/h6-9,18H,5H2,1-4H3. The highest BCUT2D eigenvalue weighted by Gasteiger charge is 2.51. The van der Waals surface area contributed by atoms with E-state index in [0.29, 0.717) is 17.9 Å². The molecule has 0 spiro atoms. The summed E-state index contributed by atoms with van der Waals surface area (Å²) in [5, 5.41) is 9.68. The Morgan fingerprint density at radius 3 is 2.26 bits per heavy atom. The summed E-state index contributed by atoms with van der Waals surface area (Å²) >= 11 is 0. The van der Waals surface area contributed by atoms with Crippen molar-refractivity contribution in [1.29, 1.82) is 0 Å². The number of hydrogen-bond donors (Lipinski definition) is 1. The van der Waals surface area contributed by atoms with Crippen molar-refractivity contribution in [2.75, 3.05) is 6.61 Å². The number of halogens is 3. The third kappa shape index (κ3) is 3.21. The fourth-order valence-electron chi connectivity index (χ4n) is 1.75. The van der Waals surface area contributed by atoms with Crippen molar-refractivity contribution in [3.05, 3.63) is 29.3 Å². The van der Waals surface area contributed by atoms with Crippen LogP contribution in [-0.4, -0.2) is 17.9 Å². The van der Waals surface area contributed by atoms with E-state index in [0.717, 1.165) is 6.92 Å².